The minimum absolute atomic E-state index is 0.402. The van der Waals surface area contributed by atoms with E-state index in [1.165, 1.54) is 0 Å². The summed E-state index contributed by atoms with van der Waals surface area (Å²) in [6.45, 7) is 0. The van der Waals surface area contributed by atoms with Crippen LogP contribution in [0.1, 0.15) is 10.8 Å². The summed E-state index contributed by atoms with van der Waals surface area (Å²) in [7, 11) is 0. The SMILES string of the molecule is O=[C]C(S)c1ccccc1. The van der Waals surface area contributed by atoms with Crippen LogP contribution in [-0.2, 0) is 4.79 Å². The summed E-state index contributed by atoms with van der Waals surface area (Å²) in [6.07, 6.45) is 1.80. The molecule has 0 saturated heterocycles. The van der Waals surface area contributed by atoms with E-state index >= 15 is 0 Å². The van der Waals surface area contributed by atoms with Crippen molar-refractivity contribution in [3.05, 3.63) is 35.9 Å². The van der Waals surface area contributed by atoms with E-state index in [4.69, 9.17) is 0 Å². The Morgan fingerprint density at radius 3 is 2.40 bits per heavy atom. The van der Waals surface area contributed by atoms with E-state index in [-0.39, 0.29) is 0 Å². The lowest BCUT2D eigenvalue weighted by molar-refractivity contribution is 0.554. The van der Waals surface area contributed by atoms with Gasteiger partial charge in [-0.1, -0.05) is 30.3 Å². The van der Waals surface area contributed by atoms with E-state index < -0.39 is 5.25 Å². The first-order chi connectivity index (χ1) is 4.84. The van der Waals surface area contributed by atoms with Crippen molar-refractivity contribution in [3.8, 4) is 0 Å². The Hall–Kier alpha value is -0.760. The molecule has 0 fully saturated rings. The topological polar surface area (TPSA) is 17.1 Å². The van der Waals surface area contributed by atoms with Gasteiger partial charge in [-0.3, -0.25) is 4.79 Å². The van der Waals surface area contributed by atoms with Crippen molar-refractivity contribution in [1.82, 2.24) is 0 Å². The van der Waals surface area contributed by atoms with Crippen LogP contribution in [0, 0.1) is 0 Å². The third-order valence-electron chi connectivity index (χ3n) is 1.23. The molecule has 0 saturated carbocycles. The Bertz CT molecular complexity index is 208. The van der Waals surface area contributed by atoms with E-state index in [2.05, 4.69) is 12.6 Å². The van der Waals surface area contributed by atoms with Gasteiger partial charge in [0.15, 0.2) is 0 Å². The molecule has 0 N–H and O–H groups in total. The molecule has 0 bridgehead atoms. The van der Waals surface area contributed by atoms with Gasteiger partial charge >= 0.3 is 0 Å². The zero-order valence-electron chi connectivity index (χ0n) is 5.32. The molecule has 1 nitrogen and oxygen atoms in total. The Balaban J connectivity index is 2.84. The maximum absolute atomic E-state index is 10.1. The van der Waals surface area contributed by atoms with Gasteiger partial charge in [-0.15, -0.1) is 0 Å². The summed E-state index contributed by atoms with van der Waals surface area (Å²) < 4.78 is 0. The van der Waals surface area contributed by atoms with Crippen LogP contribution in [0.5, 0.6) is 0 Å². The molecule has 2 heteroatoms. The van der Waals surface area contributed by atoms with Crippen molar-refractivity contribution in [2.75, 3.05) is 0 Å². The lowest BCUT2D eigenvalue weighted by Crippen LogP contribution is -1.88. The molecule has 0 heterocycles. The van der Waals surface area contributed by atoms with Crippen molar-refractivity contribution >= 4 is 18.9 Å². The molecule has 0 aromatic heterocycles. The third kappa shape index (κ3) is 1.61. The van der Waals surface area contributed by atoms with Crippen molar-refractivity contribution in [2.45, 2.75) is 5.25 Å². The van der Waals surface area contributed by atoms with E-state index in [9.17, 15) is 4.79 Å². The lowest BCUT2D eigenvalue weighted by atomic mass is 10.2. The van der Waals surface area contributed by atoms with E-state index in [0.717, 1.165) is 5.56 Å². The standard InChI is InChI=1S/C8H7OS/c9-6-8(10)7-4-2-1-3-5-7/h1-5,8,10H. The van der Waals surface area contributed by atoms with E-state index in [1.54, 1.807) is 6.29 Å². The fourth-order valence-corrected chi connectivity index (χ4v) is 0.876. The molecule has 1 aromatic carbocycles. The highest BCUT2D eigenvalue weighted by Gasteiger charge is 2.02. The summed E-state index contributed by atoms with van der Waals surface area (Å²) in [4.78, 5) is 10.1. The second-order valence-corrected chi connectivity index (χ2v) is 2.45. The fourth-order valence-electron chi connectivity index (χ4n) is 0.703. The molecule has 0 spiro atoms. The highest BCUT2D eigenvalue weighted by molar-refractivity contribution is 7.81. The first kappa shape index (κ1) is 7.35. The second kappa shape index (κ2) is 3.42. The highest BCUT2D eigenvalue weighted by atomic mass is 32.1. The Labute approximate surface area is 65.5 Å². The normalized spacial score (nSPS) is 12.5. The summed E-state index contributed by atoms with van der Waals surface area (Å²) >= 11 is 4.00. The van der Waals surface area contributed by atoms with E-state index in [0.29, 0.717) is 0 Å². The molecule has 0 amide bonds. The monoisotopic (exact) mass is 151 g/mol. The molecule has 0 aliphatic carbocycles. The van der Waals surface area contributed by atoms with Crippen LogP contribution in [0.25, 0.3) is 0 Å². The van der Waals surface area contributed by atoms with Crippen LogP contribution in [0.2, 0.25) is 0 Å². The molecule has 1 radical (unpaired) electrons. The van der Waals surface area contributed by atoms with Crippen LogP contribution < -0.4 is 0 Å². The largest absolute Gasteiger partial charge is 0.289 e. The Morgan fingerprint density at radius 1 is 1.30 bits per heavy atom. The van der Waals surface area contributed by atoms with Crippen molar-refractivity contribution < 1.29 is 4.79 Å². The van der Waals surface area contributed by atoms with Gasteiger partial charge in [-0.25, -0.2) is 0 Å². The average molecular weight is 151 g/mol. The minimum Gasteiger partial charge on any atom is -0.289 e. The lowest BCUT2D eigenvalue weighted by Gasteiger charge is -1.98. The number of hydrogen-bond donors (Lipinski definition) is 1. The minimum atomic E-state index is -0.402. The van der Waals surface area contributed by atoms with Gasteiger partial charge in [-0.05, 0) is 5.56 Å². The van der Waals surface area contributed by atoms with Crippen LogP contribution >= 0.6 is 12.6 Å². The molecule has 0 aliphatic rings. The molecular weight excluding hydrogens is 144 g/mol. The van der Waals surface area contributed by atoms with Gasteiger partial charge in [0, 0.05) is 0 Å². The third-order valence-corrected chi connectivity index (χ3v) is 1.63. The number of rotatable bonds is 2. The molecular formula is C8H7OS. The molecule has 1 unspecified atom stereocenters. The Morgan fingerprint density at radius 2 is 1.90 bits per heavy atom. The summed E-state index contributed by atoms with van der Waals surface area (Å²) in [5.41, 5.74) is 0.890. The van der Waals surface area contributed by atoms with Gasteiger partial charge in [0.1, 0.15) is 0 Å². The molecule has 10 heavy (non-hydrogen) atoms. The van der Waals surface area contributed by atoms with Gasteiger partial charge in [0.05, 0.1) is 5.25 Å². The van der Waals surface area contributed by atoms with Gasteiger partial charge in [-0.2, -0.15) is 12.6 Å². The summed E-state index contributed by atoms with van der Waals surface area (Å²) in [5, 5.41) is -0.402. The molecule has 51 valence electrons. The van der Waals surface area contributed by atoms with Crippen molar-refractivity contribution in [3.63, 3.8) is 0 Å². The molecule has 1 atom stereocenters. The molecule has 1 aromatic rings. The number of hydrogen-bond acceptors (Lipinski definition) is 2. The Kier molecular flexibility index (Phi) is 2.51. The second-order valence-electron chi connectivity index (χ2n) is 1.93. The van der Waals surface area contributed by atoms with Crippen LogP contribution in [-0.4, -0.2) is 6.29 Å². The van der Waals surface area contributed by atoms with Gasteiger partial charge in [0.25, 0.3) is 0 Å². The fraction of sp³-hybridized carbons (Fsp3) is 0.125. The average Bonchev–Trinajstić information content (AvgIpc) is 2.05. The zero-order chi connectivity index (χ0) is 7.40. The van der Waals surface area contributed by atoms with Crippen molar-refractivity contribution in [2.24, 2.45) is 0 Å². The number of benzene rings is 1. The predicted octanol–water partition coefficient (Wildman–Crippen LogP) is 1.77. The van der Waals surface area contributed by atoms with E-state index in [1.807, 2.05) is 30.3 Å². The van der Waals surface area contributed by atoms with Gasteiger partial charge < -0.3 is 0 Å². The maximum Gasteiger partial charge on any atom is 0.216 e. The predicted molar refractivity (Wildman–Crippen MR) is 43.9 cm³/mol. The van der Waals surface area contributed by atoms with Gasteiger partial charge in [0.2, 0.25) is 6.29 Å². The molecule has 0 aliphatic heterocycles. The van der Waals surface area contributed by atoms with Crippen LogP contribution in [0.3, 0.4) is 0 Å². The van der Waals surface area contributed by atoms with Crippen LogP contribution in [0.15, 0.2) is 30.3 Å². The maximum atomic E-state index is 10.1. The van der Waals surface area contributed by atoms with Crippen molar-refractivity contribution in [1.29, 1.82) is 0 Å². The molecule has 1 rings (SSSR count). The smallest absolute Gasteiger partial charge is 0.216 e. The first-order valence-electron chi connectivity index (χ1n) is 2.95. The quantitative estimate of drug-likeness (QED) is 0.637. The number of thiol groups is 1. The summed E-state index contributed by atoms with van der Waals surface area (Å²) in [6, 6.07) is 9.34. The first-order valence-corrected chi connectivity index (χ1v) is 3.47. The zero-order valence-corrected chi connectivity index (χ0v) is 6.21. The summed E-state index contributed by atoms with van der Waals surface area (Å²) in [5.74, 6) is 0. The number of carbonyl (C=O) groups excluding carboxylic acids is 1. The highest BCUT2D eigenvalue weighted by Crippen LogP contribution is 2.15. The van der Waals surface area contributed by atoms with Crippen LogP contribution in [0.4, 0.5) is 0 Å².